The van der Waals surface area contributed by atoms with Crippen LogP contribution in [-0.2, 0) is 0 Å². The molecule has 0 amide bonds. The summed E-state index contributed by atoms with van der Waals surface area (Å²) in [4.78, 5) is 10.7. The maximum absolute atomic E-state index is 11.3. The van der Waals surface area contributed by atoms with E-state index in [1.165, 1.54) is 14.2 Å². The minimum absolute atomic E-state index is 0.0284. The third-order valence-electron chi connectivity index (χ3n) is 4.08. The normalized spacial score (nSPS) is 31.6. The highest BCUT2D eigenvalue weighted by Gasteiger charge is 2.50. The minimum Gasteiger partial charge on any atom is -0.493 e. The highest BCUT2D eigenvalue weighted by atomic mass is 16.6. The van der Waals surface area contributed by atoms with Crippen LogP contribution in [-0.4, -0.2) is 58.8 Å². The summed E-state index contributed by atoms with van der Waals surface area (Å²) in [6.45, 7) is 0. The van der Waals surface area contributed by atoms with Gasteiger partial charge in [-0.3, -0.25) is 10.1 Å². The standard InChI is InChI=1S/C14H19NO7/c1-21-10-4-3-7(5-11(10)22-2)8-6-9(16)13(17)14(18)12(8)15(19)20/h3-5,8-9,12-14,16-18H,6H2,1-2H3. The Kier molecular flexibility index (Phi) is 4.84. The van der Waals surface area contributed by atoms with Crippen molar-refractivity contribution in [2.45, 2.75) is 36.7 Å². The molecule has 2 rings (SSSR count). The molecule has 0 bridgehead atoms. The van der Waals surface area contributed by atoms with Gasteiger partial charge in [0.05, 0.1) is 26.2 Å². The molecule has 0 spiro atoms. The molecule has 8 heteroatoms. The zero-order valence-corrected chi connectivity index (χ0v) is 12.2. The molecule has 5 atom stereocenters. The van der Waals surface area contributed by atoms with Gasteiger partial charge in [0.1, 0.15) is 12.2 Å². The SMILES string of the molecule is COc1ccc(C2CC(O)C(O)C(O)C2[N+](=O)[O-])cc1OC. The Morgan fingerprint density at radius 3 is 2.32 bits per heavy atom. The van der Waals surface area contributed by atoms with Crippen molar-refractivity contribution in [2.24, 2.45) is 0 Å². The van der Waals surface area contributed by atoms with Crippen LogP contribution in [0.25, 0.3) is 0 Å². The summed E-state index contributed by atoms with van der Waals surface area (Å²) in [7, 11) is 2.92. The average molecular weight is 313 g/mol. The molecular weight excluding hydrogens is 294 g/mol. The summed E-state index contributed by atoms with van der Waals surface area (Å²) < 4.78 is 10.3. The van der Waals surface area contributed by atoms with Crippen molar-refractivity contribution in [1.29, 1.82) is 0 Å². The quantitative estimate of drug-likeness (QED) is 0.525. The zero-order valence-electron chi connectivity index (χ0n) is 12.2. The van der Waals surface area contributed by atoms with Gasteiger partial charge < -0.3 is 24.8 Å². The Labute approximate surface area is 127 Å². The molecule has 122 valence electrons. The van der Waals surface area contributed by atoms with Crippen molar-refractivity contribution < 1.29 is 29.7 Å². The second kappa shape index (κ2) is 6.47. The zero-order chi connectivity index (χ0) is 16.4. The predicted molar refractivity (Wildman–Crippen MR) is 75.7 cm³/mol. The Morgan fingerprint density at radius 2 is 1.77 bits per heavy atom. The third kappa shape index (κ3) is 2.85. The number of nitrogens with zero attached hydrogens (tertiary/aromatic N) is 1. The van der Waals surface area contributed by atoms with E-state index >= 15 is 0 Å². The van der Waals surface area contributed by atoms with Crippen molar-refractivity contribution >= 4 is 0 Å². The molecule has 1 saturated carbocycles. The highest BCUT2D eigenvalue weighted by Crippen LogP contribution is 2.38. The predicted octanol–water partition coefficient (Wildman–Crippen LogP) is -0.0809. The van der Waals surface area contributed by atoms with E-state index in [-0.39, 0.29) is 6.42 Å². The molecule has 1 aromatic carbocycles. The van der Waals surface area contributed by atoms with Gasteiger partial charge in [-0.25, -0.2) is 0 Å². The van der Waals surface area contributed by atoms with Crippen LogP contribution >= 0.6 is 0 Å². The van der Waals surface area contributed by atoms with Crippen LogP contribution in [0.15, 0.2) is 18.2 Å². The lowest BCUT2D eigenvalue weighted by Crippen LogP contribution is -2.55. The van der Waals surface area contributed by atoms with E-state index in [4.69, 9.17) is 9.47 Å². The number of hydrogen-bond acceptors (Lipinski definition) is 7. The van der Waals surface area contributed by atoms with Crippen LogP contribution in [0, 0.1) is 10.1 Å². The van der Waals surface area contributed by atoms with Crippen LogP contribution in [0.3, 0.4) is 0 Å². The molecule has 3 N–H and O–H groups in total. The molecule has 1 aliphatic rings. The topological polar surface area (TPSA) is 122 Å². The fourth-order valence-corrected chi connectivity index (χ4v) is 2.90. The largest absolute Gasteiger partial charge is 0.493 e. The molecule has 0 aliphatic heterocycles. The van der Waals surface area contributed by atoms with E-state index in [2.05, 4.69) is 0 Å². The molecule has 0 saturated heterocycles. The summed E-state index contributed by atoms with van der Waals surface area (Å²) in [5.74, 6) is 0.126. The maximum atomic E-state index is 11.3. The smallest absolute Gasteiger partial charge is 0.248 e. The Bertz CT molecular complexity index is 550. The maximum Gasteiger partial charge on any atom is 0.248 e. The van der Waals surface area contributed by atoms with Crippen LogP contribution in [0.5, 0.6) is 11.5 Å². The number of rotatable bonds is 4. The fraction of sp³-hybridized carbons (Fsp3) is 0.571. The van der Waals surface area contributed by atoms with Crippen LogP contribution in [0.2, 0.25) is 0 Å². The van der Waals surface area contributed by atoms with Gasteiger partial charge in [0.15, 0.2) is 11.5 Å². The molecular formula is C14H19NO7. The average Bonchev–Trinajstić information content (AvgIpc) is 2.51. The molecule has 8 nitrogen and oxygen atoms in total. The van der Waals surface area contributed by atoms with Crippen molar-refractivity contribution in [2.75, 3.05) is 14.2 Å². The van der Waals surface area contributed by atoms with Crippen molar-refractivity contribution in [1.82, 2.24) is 0 Å². The summed E-state index contributed by atoms with van der Waals surface area (Å²) >= 11 is 0. The summed E-state index contributed by atoms with van der Waals surface area (Å²) in [5, 5.41) is 40.7. The van der Waals surface area contributed by atoms with E-state index in [1.807, 2.05) is 0 Å². The number of hydrogen-bond donors (Lipinski definition) is 3. The monoisotopic (exact) mass is 313 g/mol. The molecule has 1 aromatic rings. The number of nitro groups is 1. The second-order valence-corrected chi connectivity index (χ2v) is 5.28. The van der Waals surface area contributed by atoms with Gasteiger partial charge in [0.25, 0.3) is 0 Å². The van der Waals surface area contributed by atoms with Gasteiger partial charge in [-0.05, 0) is 24.1 Å². The molecule has 0 aromatic heterocycles. The lowest BCUT2D eigenvalue weighted by Gasteiger charge is -2.36. The van der Waals surface area contributed by atoms with Crippen LogP contribution < -0.4 is 9.47 Å². The van der Waals surface area contributed by atoms with E-state index < -0.39 is 35.2 Å². The minimum atomic E-state index is -1.64. The van der Waals surface area contributed by atoms with E-state index in [0.29, 0.717) is 17.1 Å². The molecule has 1 fully saturated rings. The Morgan fingerprint density at radius 1 is 1.14 bits per heavy atom. The molecule has 1 aliphatic carbocycles. The second-order valence-electron chi connectivity index (χ2n) is 5.28. The Hall–Kier alpha value is -1.90. The number of aliphatic hydroxyl groups is 3. The first kappa shape index (κ1) is 16.5. The summed E-state index contributed by atoms with van der Waals surface area (Å²) in [6, 6.07) is 3.41. The van der Waals surface area contributed by atoms with Crippen LogP contribution in [0.1, 0.15) is 17.9 Å². The van der Waals surface area contributed by atoms with Crippen molar-refractivity contribution in [3.05, 3.63) is 33.9 Å². The molecule has 5 unspecified atom stereocenters. The number of methoxy groups -OCH3 is 2. The van der Waals surface area contributed by atoms with Gasteiger partial charge >= 0.3 is 0 Å². The molecule has 0 heterocycles. The summed E-state index contributed by atoms with van der Waals surface area (Å²) in [6.07, 6.45) is -4.44. The number of aliphatic hydroxyl groups excluding tert-OH is 3. The first-order valence-electron chi connectivity index (χ1n) is 6.80. The fourth-order valence-electron chi connectivity index (χ4n) is 2.90. The first-order valence-corrected chi connectivity index (χ1v) is 6.80. The third-order valence-corrected chi connectivity index (χ3v) is 4.08. The van der Waals surface area contributed by atoms with Crippen molar-refractivity contribution in [3.63, 3.8) is 0 Å². The molecule has 0 radical (unpaired) electrons. The Balaban J connectivity index is 2.42. The van der Waals surface area contributed by atoms with E-state index in [1.54, 1.807) is 18.2 Å². The van der Waals surface area contributed by atoms with Gasteiger partial charge in [-0.2, -0.15) is 0 Å². The van der Waals surface area contributed by atoms with Gasteiger partial charge in [-0.15, -0.1) is 0 Å². The summed E-state index contributed by atoms with van der Waals surface area (Å²) in [5.41, 5.74) is 0.532. The molecule has 22 heavy (non-hydrogen) atoms. The lowest BCUT2D eigenvalue weighted by atomic mass is 9.76. The number of ether oxygens (including phenoxy) is 2. The van der Waals surface area contributed by atoms with E-state index in [9.17, 15) is 25.4 Å². The van der Waals surface area contributed by atoms with Crippen LogP contribution in [0.4, 0.5) is 0 Å². The number of benzene rings is 1. The van der Waals surface area contributed by atoms with Gasteiger partial charge in [0.2, 0.25) is 6.04 Å². The highest BCUT2D eigenvalue weighted by molar-refractivity contribution is 5.44. The van der Waals surface area contributed by atoms with E-state index in [0.717, 1.165) is 0 Å². The van der Waals surface area contributed by atoms with Gasteiger partial charge in [0, 0.05) is 4.92 Å². The van der Waals surface area contributed by atoms with Gasteiger partial charge in [-0.1, -0.05) is 6.07 Å². The lowest BCUT2D eigenvalue weighted by molar-refractivity contribution is -0.546. The van der Waals surface area contributed by atoms with Crippen molar-refractivity contribution in [3.8, 4) is 11.5 Å². The first-order chi connectivity index (χ1) is 10.4.